The van der Waals surface area contributed by atoms with Crippen LogP contribution in [-0.4, -0.2) is 39.3 Å². The number of aliphatic hydroxyl groups excluding tert-OH is 1. The van der Waals surface area contributed by atoms with Crippen molar-refractivity contribution in [1.82, 2.24) is 0 Å². The van der Waals surface area contributed by atoms with E-state index >= 15 is 0 Å². The second-order valence-electron chi connectivity index (χ2n) is 8.27. The lowest BCUT2D eigenvalue weighted by molar-refractivity contribution is 0.0272. The van der Waals surface area contributed by atoms with E-state index in [0.29, 0.717) is 5.92 Å². The summed E-state index contributed by atoms with van der Waals surface area (Å²) >= 11 is 0. The molecular weight excluding hydrogens is 292 g/mol. The molecule has 0 aliphatic heterocycles. The number of hydrogen-bond donors (Lipinski definition) is 1. The summed E-state index contributed by atoms with van der Waals surface area (Å²) in [6.07, 6.45) is 4.62. The molecule has 1 N–H and O–H groups in total. The van der Waals surface area contributed by atoms with Gasteiger partial charge in [-0.25, -0.2) is 0 Å². The first kappa shape index (κ1) is 22.1. The van der Waals surface area contributed by atoms with Gasteiger partial charge in [0.15, 0.2) is 8.32 Å². The molecule has 0 fully saturated rings. The van der Waals surface area contributed by atoms with E-state index in [-0.39, 0.29) is 17.2 Å². The molecule has 0 aromatic rings. The topological polar surface area (TPSA) is 38.7 Å². The van der Waals surface area contributed by atoms with Crippen LogP contribution in [0.15, 0.2) is 0 Å². The quantitative estimate of drug-likeness (QED) is 0.542. The first-order chi connectivity index (χ1) is 10.0. The van der Waals surface area contributed by atoms with Gasteiger partial charge in [-0.05, 0) is 49.7 Å². The lowest BCUT2D eigenvalue weighted by atomic mass is 9.96. The maximum absolute atomic E-state index is 9.94. The molecule has 22 heavy (non-hydrogen) atoms. The Labute approximate surface area is 139 Å². The monoisotopic (exact) mass is 332 g/mol. The third kappa shape index (κ3) is 8.66. The summed E-state index contributed by atoms with van der Waals surface area (Å²) in [5, 5.41) is 10.2. The average molecular weight is 333 g/mol. The summed E-state index contributed by atoms with van der Waals surface area (Å²) in [5.41, 5.74) is 0. The summed E-state index contributed by atoms with van der Waals surface area (Å²) < 4.78 is 11.8. The van der Waals surface area contributed by atoms with Crippen molar-refractivity contribution in [2.75, 3.05) is 13.7 Å². The van der Waals surface area contributed by atoms with Gasteiger partial charge in [0.25, 0.3) is 0 Å². The zero-order valence-electron chi connectivity index (χ0n) is 16.2. The standard InChI is InChI=1S/C18H40O3Si/c1-9-10-16(19)14-17(20-6)13-15(2)11-12-21-22(7,8)18(3,4)5/h15-17,19H,9-14H2,1-8H3/t15-,16-,17-/m1/s1. The molecule has 0 heterocycles. The van der Waals surface area contributed by atoms with Gasteiger partial charge in [-0.2, -0.15) is 0 Å². The van der Waals surface area contributed by atoms with Crippen molar-refractivity contribution >= 4 is 8.32 Å². The van der Waals surface area contributed by atoms with E-state index in [1.807, 2.05) is 0 Å². The third-order valence-electron chi connectivity index (χ3n) is 5.04. The Morgan fingerprint density at radius 3 is 2.14 bits per heavy atom. The van der Waals surface area contributed by atoms with Crippen LogP contribution in [0.25, 0.3) is 0 Å². The molecule has 3 atom stereocenters. The Morgan fingerprint density at radius 2 is 1.68 bits per heavy atom. The molecule has 0 aliphatic rings. The Bertz CT molecular complexity index is 287. The second-order valence-corrected chi connectivity index (χ2v) is 13.1. The first-order valence-electron chi connectivity index (χ1n) is 8.88. The predicted molar refractivity (Wildman–Crippen MR) is 97.9 cm³/mol. The van der Waals surface area contributed by atoms with Crippen LogP contribution < -0.4 is 0 Å². The molecule has 0 unspecified atom stereocenters. The summed E-state index contributed by atoms with van der Waals surface area (Å²) in [5.74, 6) is 0.559. The number of aliphatic hydroxyl groups is 1. The Hall–Kier alpha value is 0.0969. The van der Waals surface area contributed by atoms with Crippen molar-refractivity contribution in [3.8, 4) is 0 Å². The molecule has 4 heteroatoms. The van der Waals surface area contributed by atoms with Crippen LogP contribution in [0.5, 0.6) is 0 Å². The van der Waals surface area contributed by atoms with Gasteiger partial charge in [-0.1, -0.05) is 41.0 Å². The molecule has 0 saturated carbocycles. The van der Waals surface area contributed by atoms with Crippen molar-refractivity contribution in [1.29, 1.82) is 0 Å². The Morgan fingerprint density at radius 1 is 1.09 bits per heavy atom. The second kappa shape index (κ2) is 10.1. The molecule has 0 bridgehead atoms. The smallest absolute Gasteiger partial charge is 0.191 e. The molecule has 0 aromatic heterocycles. The summed E-state index contributed by atoms with van der Waals surface area (Å²) in [4.78, 5) is 0. The van der Waals surface area contributed by atoms with Crippen molar-refractivity contribution in [3.05, 3.63) is 0 Å². The average Bonchev–Trinajstić information content (AvgIpc) is 2.36. The Balaban J connectivity index is 4.13. The first-order valence-corrected chi connectivity index (χ1v) is 11.8. The normalized spacial score (nSPS) is 17.3. The number of ether oxygens (including phenoxy) is 1. The van der Waals surface area contributed by atoms with E-state index in [0.717, 1.165) is 38.7 Å². The van der Waals surface area contributed by atoms with Crippen molar-refractivity contribution in [2.45, 2.75) is 97.1 Å². The number of hydrogen-bond acceptors (Lipinski definition) is 3. The van der Waals surface area contributed by atoms with Gasteiger partial charge in [0.2, 0.25) is 0 Å². The van der Waals surface area contributed by atoms with Crippen LogP contribution >= 0.6 is 0 Å². The molecule has 0 saturated heterocycles. The highest BCUT2D eigenvalue weighted by Gasteiger charge is 2.36. The van der Waals surface area contributed by atoms with E-state index in [1.54, 1.807) is 7.11 Å². The number of methoxy groups -OCH3 is 1. The minimum Gasteiger partial charge on any atom is -0.417 e. The maximum atomic E-state index is 9.94. The summed E-state index contributed by atoms with van der Waals surface area (Å²) in [7, 11) is 0.124. The molecule has 3 nitrogen and oxygen atoms in total. The van der Waals surface area contributed by atoms with Crippen molar-refractivity contribution in [2.24, 2.45) is 5.92 Å². The van der Waals surface area contributed by atoms with Crippen molar-refractivity contribution < 1.29 is 14.3 Å². The fourth-order valence-corrected chi connectivity index (χ4v) is 3.40. The Kier molecular flexibility index (Phi) is 10.1. The molecule has 0 spiro atoms. The fourth-order valence-electron chi connectivity index (χ4n) is 2.34. The molecule has 0 aliphatic carbocycles. The highest BCUT2D eigenvalue weighted by Crippen LogP contribution is 2.36. The van der Waals surface area contributed by atoms with E-state index in [4.69, 9.17) is 9.16 Å². The van der Waals surface area contributed by atoms with Gasteiger partial charge in [-0.3, -0.25) is 0 Å². The van der Waals surface area contributed by atoms with E-state index in [9.17, 15) is 5.11 Å². The van der Waals surface area contributed by atoms with Crippen LogP contribution in [0.4, 0.5) is 0 Å². The van der Waals surface area contributed by atoms with Crippen LogP contribution in [0.2, 0.25) is 18.1 Å². The largest absolute Gasteiger partial charge is 0.417 e. The maximum Gasteiger partial charge on any atom is 0.191 e. The lowest BCUT2D eigenvalue weighted by Gasteiger charge is -2.36. The zero-order chi connectivity index (χ0) is 17.4. The van der Waals surface area contributed by atoms with Crippen LogP contribution in [0, 0.1) is 5.92 Å². The van der Waals surface area contributed by atoms with E-state index in [2.05, 4.69) is 47.7 Å². The minimum absolute atomic E-state index is 0.157. The molecule has 0 amide bonds. The van der Waals surface area contributed by atoms with Gasteiger partial charge >= 0.3 is 0 Å². The van der Waals surface area contributed by atoms with Gasteiger partial charge in [-0.15, -0.1) is 0 Å². The van der Waals surface area contributed by atoms with E-state index in [1.165, 1.54) is 0 Å². The summed E-state index contributed by atoms with van der Waals surface area (Å²) in [6.45, 7) is 16.6. The number of rotatable bonds is 11. The fraction of sp³-hybridized carbons (Fsp3) is 1.00. The van der Waals surface area contributed by atoms with Gasteiger partial charge < -0.3 is 14.3 Å². The van der Waals surface area contributed by atoms with Crippen molar-refractivity contribution in [3.63, 3.8) is 0 Å². The van der Waals surface area contributed by atoms with Gasteiger partial charge in [0.05, 0.1) is 12.2 Å². The predicted octanol–water partition coefficient (Wildman–Crippen LogP) is 4.99. The van der Waals surface area contributed by atoms with Gasteiger partial charge in [0.1, 0.15) is 0 Å². The van der Waals surface area contributed by atoms with Crippen LogP contribution in [0.3, 0.4) is 0 Å². The van der Waals surface area contributed by atoms with Crippen LogP contribution in [0.1, 0.15) is 66.7 Å². The minimum atomic E-state index is -1.63. The SMILES string of the molecule is CCC[C@@H](O)C[C@@H](C[C@H](C)CCO[Si](C)(C)C(C)(C)C)OC. The van der Waals surface area contributed by atoms with E-state index < -0.39 is 8.32 Å². The zero-order valence-corrected chi connectivity index (χ0v) is 17.2. The molecular formula is C18H40O3Si. The lowest BCUT2D eigenvalue weighted by Crippen LogP contribution is -2.41. The third-order valence-corrected chi connectivity index (χ3v) is 9.57. The highest BCUT2D eigenvalue weighted by atomic mass is 28.4. The molecule has 0 radical (unpaired) electrons. The summed E-state index contributed by atoms with van der Waals surface area (Å²) in [6, 6.07) is 0. The van der Waals surface area contributed by atoms with Gasteiger partial charge in [0, 0.05) is 13.7 Å². The highest BCUT2D eigenvalue weighted by molar-refractivity contribution is 6.74. The molecule has 134 valence electrons. The van der Waals surface area contributed by atoms with Crippen LogP contribution in [-0.2, 0) is 9.16 Å². The molecule has 0 rings (SSSR count). The molecule has 0 aromatic carbocycles.